The molecule has 0 saturated heterocycles. The molecule has 70 valence electrons. The Labute approximate surface area is 100 Å². The van der Waals surface area contributed by atoms with Crippen LogP contribution in [0.2, 0.25) is 5.15 Å². The van der Waals surface area contributed by atoms with E-state index in [4.69, 9.17) is 11.6 Å². The summed E-state index contributed by atoms with van der Waals surface area (Å²) in [6, 6.07) is 5.74. The summed E-state index contributed by atoms with van der Waals surface area (Å²) in [7, 11) is 0. The van der Waals surface area contributed by atoms with Crippen LogP contribution in [-0.4, -0.2) is 9.97 Å². The van der Waals surface area contributed by atoms with Crippen molar-refractivity contribution in [2.75, 3.05) is 0 Å². The molecule has 2 rings (SSSR count). The molecule has 0 spiro atoms. The molecule has 0 bridgehead atoms. The minimum atomic E-state index is 0.516. The maximum atomic E-state index is 5.77. The number of aromatic nitrogens is 2. The van der Waals surface area contributed by atoms with Crippen LogP contribution in [0.5, 0.6) is 0 Å². The third kappa shape index (κ3) is 2.04. The van der Waals surface area contributed by atoms with Crippen LogP contribution < -0.4 is 0 Å². The van der Waals surface area contributed by atoms with Crippen molar-refractivity contribution in [3.63, 3.8) is 0 Å². The molecule has 0 aliphatic rings. The topological polar surface area (TPSA) is 25.8 Å². The van der Waals surface area contributed by atoms with Gasteiger partial charge in [-0.3, -0.25) is 4.98 Å². The predicted octanol–water partition coefficient (Wildman–Crippen LogP) is 3.40. The lowest BCUT2D eigenvalue weighted by Crippen LogP contribution is -1.86. The first-order chi connectivity index (χ1) is 6.77. The molecular weight excluding hydrogens is 310 g/mol. The Morgan fingerprint density at radius 3 is 2.79 bits per heavy atom. The minimum absolute atomic E-state index is 0.516. The average Bonchev–Trinajstić information content (AvgIpc) is 2.19. The van der Waals surface area contributed by atoms with Gasteiger partial charge in [-0.1, -0.05) is 17.7 Å². The van der Waals surface area contributed by atoms with Crippen LogP contribution >= 0.6 is 34.2 Å². The fourth-order valence-corrected chi connectivity index (χ4v) is 2.23. The predicted molar refractivity (Wildman–Crippen MR) is 65.2 cm³/mol. The molecule has 0 atom stereocenters. The van der Waals surface area contributed by atoms with Gasteiger partial charge in [0.05, 0.1) is 0 Å². The summed E-state index contributed by atoms with van der Waals surface area (Å²) in [5, 5.41) is 0.516. The van der Waals surface area contributed by atoms with Gasteiger partial charge in [-0.2, -0.15) is 0 Å². The molecule has 0 fully saturated rings. The molecule has 0 unspecified atom stereocenters. The summed E-state index contributed by atoms with van der Waals surface area (Å²) < 4.78 is 1.08. The molecule has 0 aromatic carbocycles. The lowest BCUT2D eigenvalue weighted by molar-refractivity contribution is 1.29. The molecule has 0 radical (unpaired) electrons. The third-order valence-corrected chi connectivity index (χ3v) is 2.89. The van der Waals surface area contributed by atoms with Crippen molar-refractivity contribution >= 4 is 34.2 Å². The quantitative estimate of drug-likeness (QED) is 0.595. The zero-order valence-electron chi connectivity index (χ0n) is 7.11. The van der Waals surface area contributed by atoms with Crippen molar-refractivity contribution in [1.82, 2.24) is 9.97 Å². The highest BCUT2D eigenvalue weighted by atomic mass is 127. The van der Waals surface area contributed by atoms with E-state index in [9.17, 15) is 0 Å². The van der Waals surface area contributed by atoms with Gasteiger partial charge in [0.1, 0.15) is 5.15 Å². The number of halogens is 2. The highest BCUT2D eigenvalue weighted by molar-refractivity contribution is 14.1. The van der Waals surface area contributed by atoms with Crippen LogP contribution in [0.1, 0.15) is 0 Å². The SMILES string of the molecule is Clc1cc(I)c(-c2cccnc2)cn1. The summed E-state index contributed by atoms with van der Waals surface area (Å²) >= 11 is 8.01. The van der Waals surface area contributed by atoms with E-state index in [-0.39, 0.29) is 0 Å². The molecule has 2 heterocycles. The molecule has 2 aromatic rings. The van der Waals surface area contributed by atoms with E-state index in [2.05, 4.69) is 32.6 Å². The molecule has 14 heavy (non-hydrogen) atoms. The van der Waals surface area contributed by atoms with E-state index in [0.29, 0.717) is 5.15 Å². The van der Waals surface area contributed by atoms with Crippen LogP contribution in [0.15, 0.2) is 36.8 Å². The van der Waals surface area contributed by atoms with E-state index in [1.165, 1.54) is 0 Å². The Hall–Kier alpha value is -0.680. The first-order valence-corrected chi connectivity index (χ1v) is 5.44. The highest BCUT2D eigenvalue weighted by Crippen LogP contribution is 2.25. The summed E-state index contributed by atoms with van der Waals surface area (Å²) in [5.41, 5.74) is 2.11. The summed E-state index contributed by atoms with van der Waals surface area (Å²) in [6.45, 7) is 0. The number of hydrogen-bond acceptors (Lipinski definition) is 2. The van der Waals surface area contributed by atoms with Gasteiger partial charge in [0.2, 0.25) is 0 Å². The van der Waals surface area contributed by atoms with Crippen molar-refractivity contribution < 1.29 is 0 Å². The Balaban J connectivity index is 2.53. The van der Waals surface area contributed by atoms with Gasteiger partial charge in [-0.15, -0.1) is 0 Å². The molecule has 0 amide bonds. The molecule has 0 N–H and O–H groups in total. The number of hydrogen-bond donors (Lipinski definition) is 0. The maximum absolute atomic E-state index is 5.77. The van der Waals surface area contributed by atoms with Crippen molar-refractivity contribution in [3.05, 3.63) is 45.5 Å². The third-order valence-electron chi connectivity index (χ3n) is 1.79. The number of rotatable bonds is 1. The van der Waals surface area contributed by atoms with Gasteiger partial charge < -0.3 is 0 Å². The average molecular weight is 317 g/mol. The van der Waals surface area contributed by atoms with Gasteiger partial charge in [-0.25, -0.2) is 4.98 Å². The zero-order chi connectivity index (χ0) is 9.97. The lowest BCUT2D eigenvalue weighted by atomic mass is 10.1. The maximum Gasteiger partial charge on any atom is 0.130 e. The van der Waals surface area contributed by atoms with Crippen molar-refractivity contribution in [2.24, 2.45) is 0 Å². The second-order valence-electron chi connectivity index (χ2n) is 2.73. The van der Waals surface area contributed by atoms with Crippen molar-refractivity contribution in [1.29, 1.82) is 0 Å². The van der Waals surface area contributed by atoms with Gasteiger partial charge in [-0.05, 0) is 34.7 Å². The smallest absolute Gasteiger partial charge is 0.130 e. The number of pyridine rings is 2. The summed E-state index contributed by atoms with van der Waals surface area (Å²) in [6.07, 6.45) is 5.33. The summed E-state index contributed by atoms with van der Waals surface area (Å²) in [4.78, 5) is 8.11. The van der Waals surface area contributed by atoms with Crippen LogP contribution in [0.3, 0.4) is 0 Å². The van der Waals surface area contributed by atoms with E-state index in [1.807, 2.05) is 24.4 Å². The first-order valence-electron chi connectivity index (χ1n) is 3.99. The van der Waals surface area contributed by atoms with Gasteiger partial charge >= 0.3 is 0 Å². The van der Waals surface area contributed by atoms with Crippen LogP contribution in [0.4, 0.5) is 0 Å². The number of nitrogens with zero attached hydrogens (tertiary/aromatic N) is 2. The molecule has 0 saturated carbocycles. The second kappa shape index (κ2) is 4.23. The van der Waals surface area contributed by atoms with E-state index in [0.717, 1.165) is 14.7 Å². The van der Waals surface area contributed by atoms with E-state index in [1.54, 1.807) is 12.4 Å². The highest BCUT2D eigenvalue weighted by Gasteiger charge is 2.03. The largest absolute Gasteiger partial charge is 0.264 e. The fourth-order valence-electron chi connectivity index (χ4n) is 1.14. The molecule has 0 aliphatic heterocycles. The molecule has 4 heteroatoms. The first kappa shape index (κ1) is 9.86. The van der Waals surface area contributed by atoms with Crippen molar-refractivity contribution in [2.45, 2.75) is 0 Å². The normalized spacial score (nSPS) is 10.1. The van der Waals surface area contributed by atoms with Crippen LogP contribution in [0, 0.1) is 3.57 Å². The molecule has 2 aromatic heterocycles. The van der Waals surface area contributed by atoms with Gasteiger partial charge in [0.25, 0.3) is 0 Å². The molecular formula is C10H6ClIN2. The Kier molecular flexibility index (Phi) is 2.98. The van der Waals surface area contributed by atoms with Gasteiger partial charge in [0, 0.05) is 33.3 Å². The van der Waals surface area contributed by atoms with Crippen molar-refractivity contribution in [3.8, 4) is 11.1 Å². The zero-order valence-corrected chi connectivity index (χ0v) is 10.0. The van der Waals surface area contributed by atoms with E-state index >= 15 is 0 Å². The van der Waals surface area contributed by atoms with Gasteiger partial charge in [0.15, 0.2) is 0 Å². The standard InChI is InChI=1S/C10H6ClIN2/c11-10-4-9(12)8(6-14-10)7-2-1-3-13-5-7/h1-6H. The molecule has 0 aliphatic carbocycles. The molecule has 2 nitrogen and oxygen atoms in total. The Morgan fingerprint density at radius 1 is 1.29 bits per heavy atom. The Bertz CT molecular complexity index is 445. The monoisotopic (exact) mass is 316 g/mol. The second-order valence-corrected chi connectivity index (χ2v) is 4.28. The fraction of sp³-hybridized carbons (Fsp3) is 0. The van der Waals surface area contributed by atoms with Crippen LogP contribution in [0.25, 0.3) is 11.1 Å². The minimum Gasteiger partial charge on any atom is -0.264 e. The summed E-state index contributed by atoms with van der Waals surface area (Å²) in [5.74, 6) is 0. The Morgan fingerprint density at radius 2 is 2.14 bits per heavy atom. The van der Waals surface area contributed by atoms with Crippen LogP contribution in [-0.2, 0) is 0 Å². The van der Waals surface area contributed by atoms with E-state index < -0.39 is 0 Å². The lowest BCUT2D eigenvalue weighted by Gasteiger charge is -2.03.